The van der Waals surface area contributed by atoms with Crippen molar-refractivity contribution in [2.24, 2.45) is 0 Å². The Labute approximate surface area is 98.6 Å². The highest BCUT2D eigenvalue weighted by atomic mass is 16.6. The van der Waals surface area contributed by atoms with Gasteiger partial charge in [-0.1, -0.05) is 6.92 Å². The molecule has 4 N–H and O–H groups in total. The highest BCUT2D eigenvalue weighted by molar-refractivity contribution is 5.69. The molecule has 0 saturated carbocycles. The number of carbonyl (C=O) groups excluding carboxylic acids is 1. The van der Waals surface area contributed by atoms with Gasteiger partial charge in [0.2, 0.25) is 0 Å². The van der Waals surface area contributed by atoms with Crippen LogP contribution in [0.1, 0.15) is 19.8 Å². The fourth-order valence-electron chi connectivity index (χ4n) is 1.52. The van der Waals surface area contributed by atoms with Gasteiger partial charge in [-0.3, -0.25) is 4.79 Å². The second-order valence-electron chi connectivity index (χ2n) is 3.97. The maximum absolute atomic E-state index is 11.1. The van der Waals surface area contributed by atoms with Crippen molar-refractivity contribution < 1.29 is 34.7 Å². The number of hydrogen-bond acceptors (Lipinski definition) is 7. The highest BCUT2D eigenvalue weighted by Gasteiger charge is 2.43. The van der Waals surface area contributed by atoms with Crippen LogP contribution in [-0.4, -0.2) is 63.7 Å². The molecule has 1 aliphatic rings. The minimum absolute atomic E-state index is 0.247. The molecule has 0 spiro atoms. The Kier molecular flexibility index (Phi) is 5.29. The van der Waals surface area contributed by atoms with Crippen LogP contribution < -0.4 is 0 Å². The van der Waals surface area contributed by atoms with Crippen molar-refractivity contribution in [3.05, 3.63) is 0 Å². The summed E-state index contributed by atoms with van der Waals surface area (Å²) in [4.78, 5) is 11.1. The lowest BCUT2D eigenvalue weighted by atomic mass is 9.99. The van der Waals surface area contributed by atoms with E-state index in [0.29, 0.717) is 6.42 Å². The van der Waals surface area contributed by atoms with Crippen LogP contribution in [0.15, 0.2) is 0 Å². The Balaban J connectivity index is 2.45. The first-order chi connectivity index (χ1) is 7.97. The van der Waals surface area contributed by atoms with E-state index in [0.717, 1.165) is 0 Å². The van der Waals surface area contributed by atoms with Gasteiger partial charge < -0.3 is 29.9 Å². The third kappa shape index (κ3) is 3.62. The molecule has 0 amide bonds. The smallest absolute Gasteiger partial charge is 0.305 e. The van der Waals surface area contributed by atoms with E-state index in [1.165, 1.54) is 0 Å². The molecule has 1 rings (SSSR count). The van der Waals surface area contributed by atoms with Gasteiger partial charge in [0.25, 0.3) is 0 Å². The van der Waals surface area contributed by atoms with Crippen LogP contribution in [0.5, 0.6) is 0 Å². The summed E-state index contributed by atoms with van der Waals surface area (Å²) in [5.41, 5.74) is 0. The fraction of sp³-hybridized carbons (Fsp3) is 0.900. The van der Waals surface area contributed by atoms with Crippen molar-refractivity contribution in [3.8, 4) is 0 Å². The number of aliphatic hydroxyl groups is 4. The van der Waals surface area contributed by atoms with E-state index in [9.17, 15) is 25.2 Å². The number of hydrogen-bond donors (Lipinski definition) is 4. The molecule has 5 atom stereocenters. The van der Waals surface area contributed by atoms with Crippen molar-refractivity contribution in [1.29, 1.82) is 0 Å². The largest absolute Gasteiger partial charge is 0.463 e. The molecule has 1 heterocycles. The van der Waals surface area contributed by atoms with Gasteiger partial charge in [-0.25, -0.2) is 0 Å². The van der Waals surface area contributed by atoms with E-state index < -0.39 is 36.7 Å². The molecule has 1 fully saturated rings. The third-order valence-electron chi connectivity index (χ3n) is 2.55. The van der Waals surface area contributed by atoms with Crippen LogP contribution >= 0.6 is 0 Å². The van der Waals surface area contributed by atoms with E-state index in [2.05, 4.69) is 0 Å². The second-order valence-corrected chi connectivity index (χ2v) is 3.97. The molecule has 0 aliphatic carbocycles. The number of esters is 1. The van der Waals surface area contributed by atoms with Crippen molar-refractivity contribution in [2.75, 3.05) is 6.61 Å². The summed E-state index contributed by atoms with van der Waals surface area (Å²) in [5.74, 6) is -0.446. The summed E-state index contributed by atoms with van der Waals surface area (Å²) >= 11 is 0. The van der Waals surface area contributed by atoms with Crippen LogP contribution in [0.4, 0.5) is 0 Å². The second kappa shape index (κ2) is 6.27. The highest BCUT2D eigenvalue weighted by Crippen LogP contribution is 2.20. The van der Waals surface area contributed by atoms with Gasteiger partial charge in [-0.2, -0.15) is 0 Å². The monoisotopic (exact) mass is 250 g/mol. The molecule has 1 unspecified atom stereocenters. The van der Waals surface area contributed by atoms with Crippen molar-refractivity contribution in [2.45, 2.75) is 50.5 Å². The molecule has 17 heavy (non-hydrogen) atoms. The summed E-state index contributed by atoms with van der Waals surface area (Å²) < 4.78 is 9.62. The molecule has 0 bridgehead atoms. The van der Waals surface area contributed by atoms with E-state index in [1.807, 2.05) is 6.92 Å². The van der Waals surface area contributed by atoms with Gasteiger partial charge in [0.15, 0.2) is 6.29 Å². The summed E-state index contributed by atoms with van der Waals surface area (Å²) in [6.45, 7) is 1.54. The zero-order valence-electron chi connectivity index (χ0n) is 9.52. The van der Waals surface area contributed by atoms with Crippen LogP contribution in [0.3, 0.4) is 0 Å². The lowest BCUT2D eigenvalue weighted by Crippen LogP contribution is -2.58. The first-order valence-electron chi connectivity index (χ1n) is 5.50. The predicted molar refractivity (Wildman–Crippen MR) is 54.8 cm³/mol. The van der Waals surface area contributed by atoms with Crippen molar-refractivity contribution in [3.63, 3.8) is 0 Å². The zero-order valence-corrected chi connectivity index (χ0v) is 9.52. The Morgan fingerprint density at radius 3 is 2.41 bits per heavy atom. The number of ether oxygens (including phenoxy) is 2. The maximum Gasteiger partial charge on any atom is 0.305 e. The summed E-state index contributed by atoms with van der Waals surface area (Å²) in [7, 11) is 0. The molecular weight excluding hydrogens is 232 g/mol. The van der Waals surface area contributed by atoms with Crippen molar-refractivity contribution in [1.82, 2.24) is 0 Å². The minimum atomic E-state index is -1.61. The molecule has 0 aromatic carbocycles. The van der Waals surface area contributed by atoms with E-state index in [1.54, 1.807) is 0 Å². The minimum Gasteiger partial charge on any atom is -0.463 e. The molecule has 1 aliphatic heterocycles. The molecular formula is C10H18O7. The third-order valence-corrected chi connectivity index (χ3v) is 2.55. The van der Waals surface area contributed by atoms with Gasteiger partial charge in [-0.05, 0) is 6.42 Å². The van der Waals surface area contributed by atoms with Crippen LogP contribution in [-0.2, 0) is 14.3 Å². The Morgan fingerprint density at radius 1 is 1.18 bits per heavy atom. The quantitative estimate of drug-likeness (QED) is 0.432. The van der Waals surface area contributed by atoms with Crippen LogP contribution in [0, 0.1) is 0 Å². The predicted octanol–water partition coefficient (Wildman–Crippen LogP) is -1.87. The van der Waals surface area contributed by atoms with E-state index >= 15 is 0 Å². The van der Waals surface area contributed by atoms with Crippen LogP contribution in [0.25, 0.3) is 0 Å². The van der Waals surface area contributed by atoms with Crippen molar-refractivity contribution >= 4 is 5.97 Å². The molecule has 7 nitrogen and oxygen atoms in total. The van der Waals surface area contributed by atoms with Gasteiger partial charge in [0.05, 0.1) is 0 Å². The van der Waals surface area contributed by atoms with Gasteiger partial charge in [-0.15, -0.1) is 0 Å². The lowest BCUT2D eigenvalue weighted by molar-refractivity contribution is -0.287. The summed E-state index contributed by atoms with van der Waals surface area (Å²) in [5, 5.41) is 37.3. The van der Waals surface area contributed by atoms with Crippen LogP contribution in [0.2, 0.25) is 0 Å². The number of rotatable bonds is 4. The topological polar surface area (TPSA) is 116 Å². The summed E-state index contributed by atoms with van der Waals surface area (Å²) in [6, 6.07) is 0. The SMILES string of the molecule is CCCC(=O)OC[C@H]1OC(O)[C@H](O)[C@H](O)[C@@H]1O. The lowest BCUT2D eigenvalue weighted by Gasteiger charge is -2.37. The number of aliphatic hydroxyl groups excluding tert-OH is 4. The first-order valence-corrected chi connectivity index (χ1v) is 5.50. The van der Waals surface area contributed by atoms with E-state index in [4.69, 9.17) is 9.47 Å². The van der Waals surface area contributed by atoms with Gasteiger partial charge >= 0.3 is 5.97 Å². The average molecular weight is 250 g/mol. The summed E-state index contributed by atoms with van der Waals surface area (Å²) in [6.07, 6.45) is -6.30. The molecule has 100 valence electrons. The Bertz CT molecular complexity index is 257. The molecule has 0 radical (unpaired) electrons. The standard InChI is InChI=1S/C10H18O7/c1-2-3-6(11)16-4-5-7(12)8(13)9(14)10(15)17-5/h5,7-10,12-15H,2-4H2,1H3/t5-,7-,8-,9-,10?/m1/s1. The number of carbonyl (C=O) groups is 1. The fourth-order valence-corrected chi connectivity index (χ4v) is 1.52. The van der Waals surface area contributed by atoms with E-state index in [-0.39, 0.29) is 13.0 Å². The molecule has 0 aromatic rings. The zero-order chi connectivity index (χ0) is 13.0. The normalized spacial score (nSPS) is 37.8. The average Bonchev–Trinajstić information content (AvgIpc) is 2.30. The maximum atomic E-state index is 11.1. The molecule has 1 saturated heterocycles. The molecule has 0 aromatic heterocycles. The van der Waals surface area contributed by atoms with Gasteiger partial charge in [0.1, 0.15) is 31.0 Å². The van der Waals surface area contributed by atoms with Gasteiger partial charge in [0, 0.05) is 6.42 Å². The Morgan fingerprint density at radius 2 is 1.82 bits per heavy atom. The molecule has 7 heteroatoms. The first kappa shape index (κ1) is 14.3. The Hall–Kier alpha value is -0.730.